The highest BCUT2D eigenvalue weighted by molar-refractivity contribution is 5.92. The summed E-state index contributed by atoms with van der Waals surface area (Å²) in [6.45, 7) is 0.506. The van der Waals surface area contributed by atoms with Crippen LogP contribution in [0.15, 0.2) is 24.3 Å². The molecule has 0 aliphatic carbocycles. The van der Waals surface area contributed by atoms with Crippen molar-refractivity contribution in [1.29, 1.82) is 0 Å². The molecule has 5 nitrogen and oxygen atoms in total. The fraction of sp³-hybridized carbons (Fsp3) is 0.286. The molecule has 0 heterocycles. The highest BCUT2D eigenvalue weighted by atomic mass is 16.4. The Bertz CT molecular complexity index is 474. The number of benzene rings is 1. The summed E-state index contributed by atoms with van der Waals surface area (Å²) in [4.78, 5) is 21.9. The van der Waals surface area contributed by atoms with Gasteiger partial charge < -0.3 is 10.4 Å². The van der Waals surface area contributed by atoms with Crippen molar-refractivity contribution in [2.24, 2.45) is 0 Å². The van der Waals surface area contributed by atoms with E-state index in [4.69, 9.17) is 11.5 Å². The number of carboxylic acids is 1. The van der Waals surface area contributed by atoms with E-state index in [0.29, 0.717) is 18.7 Å². The van der Waals surface area contributed by atoms with E-state index in [2.05, 4.69) is 16.6 Å². The zero-order chi connectivity index (χ0) is 14.1. The van der Waals surface area contributed by atoms with Crippen molar-refractivity contribution in [3.05, 3.63) is 29.8 Å². The summed E-state index contributed by atoms with van der Waals surface area (Å²) >= 11 is 0. The van der Waals surface area contributed by atoms with Gasteiger partial charge in [0.05, 0.1) is 13.1 Å². The first kappa shape index (κ1) is 14.7. The van der Waals surface area contributed by atoms with E-state index in [9.17, 15) is 9.59 Å². The fourth-order valence-electron chi connectivity index (χ4n) is 1.46. The Hall–Kier alpha value is -2.32. The van der Waals surface area contributed by atoms with Crippen LogP contribution in [0.1, 0.15) is 12.0 Å². The molecule has 0 saturated carbocycles. The molecule has 0 radical (unpaired) electrons. The minimum Gasteiger partial charge on any atom is -0.481 e. The summed E-state index contributed by atoms with van der Waals surface area (Å²) < 4.78 is 0. The average Bonchev–Trinajstić information content (AvgIpc) is 2.38. The molecule has 0 bridgehead atoms. The number of hydrogen-bond acceptors (Lipinski definition) is 3. The van der Waals surface area contributed by atoms with Crippen LogP contribution in [-0.2, 0) is 16.0 Å². The lowest BCUT2D eigenvalue weighted by Crippen LogP contribution is -2.28. The van der Waals surface area contributed by atoms with Crippen LogP contribution in [0.5, 0.6) is 0 Å². The largest absolute Gasteiger partial charge is 0.481 e. The van der Waals surface area contributed by atoms with E-state index in [1.54, 1.807) is 24.3 Å². The lowest BCUT2D eigenvalue weighted by molar-refractivity contribution is -0.137. The maximum Gasteiger partial charge on any atom is 0.303 e. The van der Waals surface area contributed by atoms with Crippen LogP contribution in [-0.4, -0.2) is 30.1 Å². The van der Waals surface area contributed by atoms with Crippen molar-refractivity contribution < 1.29 is 14.7 Å². The third-order valence-electron chi connectivity index (χ3n) is 2.38. The Morgan fingerprint density at radius 1 is 1.26 bits per heavy atom. The number of amides is 1. The molecular weight excluding hydrogens is 244 g/mol. The Labute approximate surface area is 112 Å². The number of nitrogens with one attached hydrogen (secondary N) is 2. The topological polar surface area (TPSA) is 78.4 Å². The number of carbonyl (C=O) groups excluding carboxylic acids is 1. The highest BCUT2D eigenvalue weighted by Crippen LogP contribution is 2.10. The minimum absolute atomic E-state index is 0.0989. The summed E-state index contributed by atoms with van der Waals surface area (Å²) in [5.41, 5.74) is 1.59. The molecule has 0 atom stereocenters. The van der Waals surface area contributed by atoms with E-state index in [1.807, 2.05) is 0 Å². The van der Waals surface area contributed by atoms with Gasteiger partial charge in [-0.25, -0.2) is 0 Å². The molecule has 100 valence electrons. The lowest BCUT2D eigenvalue weighted by atomic mass is 10.1. The van der Waals surface area contributed by atoms with E-state index in [-0.39, 0.29) is 18.9 Å². The summed E-state index contributed by atoms with van der Waals surface area (Å²) in [6.07, 6.45) is 5.63. The van der Waals surface area contributed by atoms with Crippen molar-refractivity contribution in [3.8, 4) is 12.3 Å². The molecule has 1 aromatic carbocycles. The molecule has 1 rings (SSSR count). The van der Waals surface area contributed by atoms with E-state index in [0.717, 1.165) is 5.56 Å². The van der Waals surface area contributed by atoms with Crippen LogP contribution >= 0.6 is 0 Å². The summed E-state index contributed by atoms with van der Waals surface area (Å²) in [7, 11) is 0. The van der Waals surface area contributed by atoms with E-state index >= 15 is 0 Å². The van der Waals surface area contributed by atoms with Gasteiger partial charge in [0, 0.05) is 12.1 Å². The van der Waals surface area contributed by atoms with Gasteiger partial charge in [-0.2, -0.15) is 0 Å². The SMILES string of the molecule is C#CCNCC(=O)Nc1ccc(CCC(=O)O)cc1. The molecule has 0 aliphatic rings. The molecule has 1 aromatic rings. The van der Waals surface area contributed by atoms with Crippen LogP contribution in [0.2, 0.25) is 0 Å². The number of hydrogen-bond donors (Lipinski definition) is 3. The Morgan fingerprint density at radius 2 is 1.95 bits per heavy atom. The number of carbonyl (C=O) groups is 2. The van der Waals surface area contributed by atoms with Crippen LogP contribution < -0.4 is 10.6 Å². The number of aliphatic carboxylic acids is 1. The first-order valence-corrected chi connectivity index (χ1v) is 5.86. The van der Waals surface area contributed by atoms with Crippen molar-refractivity contribution in [2.45, 2.75) is 12.8 Å². The van der Waals surface area contributed by atoms with Gasteiger partial charge in [-0.15, -0.1) is 6.42 Å². The zero-order valence-electron chi connectivity index (χ0n) is 10.5. The second kappa shape index (κ2) is 7.90. The van der Waals surface area contributed by atoms with Gasteiger partial charge in [0.2, 0.25) is 5.91 Å². The second-order valence-corrected chi connectivity index (χ2v) is 3.95. The molecule has 0 unspecified atom stereocenters. The first-order valence-electron chi connectivity index (χ1n) is 5.86. The van der Waals surface area contributed by atoms with Gasteiger partial charge >= 0.3 is 5.97 Å². The Morgan fingerprint density at radius 3 is 2.53 bits per heavy atom. The number of anilines is 1. The van der Waals surface area contributed by atoms with Crippen LogP contribution in [0.3, 0.4) is 0 Å². The molecule has 19 heavy (non-hydrogen) atoms. The summed E-state index contributed by atoms with van der Waals surface area (Å²) in [6, 6.07) is 7.09. The van der Waals surface area contributed by atoms with Gasteiger partial charge in [-0.1, -0.05) is 18.1 Å². The molecular formula is C14H16N2O3. The lowest BCUT2D eigenvalue weighted by Gasteiger charge is -2.06. The van der Waals surface area contributed by atoms with Gasteiger partial charge in [-0.05, 0) is 24.1 Å². The number of aryl methyl sites for hydroxylation is 1. The Kier molecular flexibility index (Phi) is 6.13. The van der Waals surface area contributed by atoms with Crippen LogP contribution in [0, 0.1) is 12.3 Å². The molecule has 5 heteroatoms. The molecule has 0 saturated heterocycles. The zero-order valence-corrected chi connectivity index (χ0v) is 10.5. The summed E-state index contributed by atoms with van der Waals surface area (Å²) in [5.74, 6) is 1.38. The molecule has 0 spiro atoms. The third kappa shape index (κ3) is 6.24. The van der Waals surface area contributed by atoms with E-state index in [1.165, 1.54) is 0 Å². The second-order valence-electron chi connectivity index (χ2n) is 3.95. The van der Waals surface area contributed by atoms with Gasteiger partial charge in [0.15, 0.2) is 0 Å². The number of terminal acetylenes is 1. The monoisotopic (exact) mass is 260 g/mol. The van der Waals surface area contributed by atoms with Gasteiger partial charge in [-0.3, -0.25) is 14.9 Å². The molecule has 3 N–H and O–H groups in total. The molecule has 0 fully saturated rings. The van der Waals surface area contributed by atoms with Crippen LogP contribution in [0.25, 0.3) is 0 Å². The average molecular weight is 260 g/mol. The van der Waals surface area contributed by atoms with Crippen molar-refractivity contribution in [3.63, 3.8) is 0 Å². The van der Waals surface area contributed by atoms with Gasteiger partial charge in [0.1, 0.15) is 0 Å². The maximum absolute atomic E-state index is 11.5. The number of carboxylic acid groups (broad SMARTS) is 1. The summed E-state index contributed by atoms with van der Waals surface area (Å²) in [5, 5.41) is 14.1. The molecule has 0 aliphatic heterocycles. The molecule has 0 aromatic heterocycles. The normalized spacial score (nSPS) is 9.63. The van der Waals surface area contributed by atoms with E-state index < -0.39 is 5.97 Å². The Balaban J connectivity index is 2.41. The highest BCUT2D eigenvalue weighted by Gasteiger charge is 2.02. The predicted molar refractivity (Wildman–Crippen MR) is 72.7 cm³/mol. The maximum atomic E-state index is 11.5. The minimum atomic E-state index is -0.822. The predicted octanol–water partition coefficient (Wildman–Crippen LogP) is 0.865. The van der Waals surface area contributed by atoms with Crippen molar-refractivity contribution >= 4 is 17.6 Å². The number of rotatable bonds is 7. The van der Waals surface area contributed by atoms with Gasteiger partial charge in [0.25, 0.3) is 0 Å². The third-order valence-corrected chi connectivity index (χ3v) is 2.38. The standard InChI is InChI=1S/C14H16N2O3/c1-2-9-15-10-13(17)16-12-6-3-11(4-7-12)5-8-14(18)19/h1,3-4,6-7,15H,5,8-10H2,(H,16,17)(H,18,19). The molecule has 1 amide bonds. The van der Waals surface area contributed by atoms with Crippen LogP contribution in [0.4, 0.5) is 5.69 Å². The van der Waals surface area contributed by atoms with Crippen molar-refractivity contribution in [1.82, 2.24) is 5.32 Å². The quantitative estimate of drug-likeness (QED) is 0.502. The first-order chi connectivity index (χ1) is 9.11. The van der Waals surface area contributed by atoms with Crippen molar-refractivity contribution in [2.75, 3.05) is 18.4 Å². The fourth-order valence-corrected chi connectivity index (χ4v) is 1.46. The smallest absolute Gasteiger partial charge is 0.303 e.